The van der Waals surface area contributed by atoms with Crippen LogP contribution in [0.15, 0.2) is 18.2 Å². The molecule has 1 aromatic carbocycles. The van der Waals surface area contributed by atoms with Gasteiger partial charge in [-0.1, -0.05) is 23.2 Å². The molecule has 0 radical (unpaired) electrons. The van der Waals surface area contributed by atoms with Crippen molar-refractivity contribution in [2.75, 3.05) is 18.5 Å². The summed E-state index contributed by atoms with van der Waals surface area (Å²) < 4.78 is 0. The maximum Gasteiger partial charge on any atom is 0.322 e. The van der Waals surface area contributed by atoms with E-state index in [0.29, 0.717) is 28.7 Å². The lowest BCUT2D eigenvalue weighted by molar-refractivity contribution is 0.141. The third kappa shape index (κ3) is 4.01. The largest absolute Gasteiger partial charge is 0.396 e. The molecule has 6 heteroatoms. The van der Waals surface area contributed by atoms with Crippen molar-refractivity contribution in [1.29, 1.82) is 0 Å². The fourth-order valence-corrected chi connectivity index (χ4v) is 3.06. The number of likely N-dealkylation sites (tertiary alicyclic amines) is 1. The summed E-state index contributed by atoms with van der Waals surface area (Å²) in [6, 6.07) is 4.88. The maximum atomic E-state index is 12.3. The van der Waals surface area contributed by atoms with E-state index in [1.165, 1.54) is 0 Å². The molecule has 1 saturated heterocycles. The quantitative estimate of drug-likeness (QED) is 0.892. The van der Waals surface area contributed by atoms with Crippen LogP contribution in [0.5, 0.6) is 0 Å². The average Bonchev–Trinajstić information content (AvgIpc) is 2.38. The molecular formula is C14H18Cl2N2O2. The lowest BCUT2D eigenvalue weighted by atomic mass is 10.0. The lowest BCUT2D eigenvalue weighted by Crippen LogP contribution is -2.46. The molecule has 1 aliphatic rings. The number of nitrogens with one attached hydrogen (secondary N) is 1. The first-order valence-electron chi connectivity index (χ1n) is 6.74. The monoisotopic (exact) mass is 316 g/mol. The Morgan fingerprint density at radius 2 is 2.00 bits per heavy atom. The summed E-state index contributed by atoms with van der Waals surface area (Å²) in [6.45, 7) is 0.808. The average molecular weight is 317 g/mol. The molecule has 20 heavy (non-hydrogen) atoms. The second kappa shape index (κ2) is 7.16. The van der Waals surface area contributed by atoms with Crippen LogP contribution in [-0.4, -0.2) is 35.2 Å². The number of aliphatic hydroxyl groups excluding tert-OH is 1. The van der Waals surface area contributed by atoms with Crippen molar-refractivity contribution in [3.63, 3.8) is 0 Å². The smallest absolute Gasteiger partial charge is 0.322 e. The van der Waals surface area contributed by atoms with Gasteiger partial charge in [0.15, 0.2) is 0 Å². The van der Waals surface area contributed by atoms with E-state index in [1.54, 1.807) is 23.1 Å². The van der Waals surface area contributed by atoms with Crippen LogP contribution in [-0.2, 0) is 0 Å². The number of amides is 2. The van der Waals surface area contributed by atoms with Gasteiger partial charge in [0.2, 0.25) is 0 Å². The standard InChI is InChI=1S/C14H18Cl2N2O2/c15-10-7-11(16)9-12(8-10)17-14(20)18-5-2-1-3-13(18)4-6-19/h7-9,13,19H,1-6H2,(H,17,20). The van der Waals surface area contributed by atoms with Crippen LogP contribution in [0.3, 0.4) is 0 Å². The zero-order valence-corrected chi connectivity index (χ0v) is 12.6. The Labute approximate surface area is 128 Å². The Hall–Kier alpha value is -0.970. The van der Waals surface area contributed by atoms with Gasteiger partial charge in [0, 0.05) is 34.9 Å². The van der Waals surface area contributed by atoms with E-state index in [0.717, 1.165) is 19.3 Å². The number of rotatable bonds is 3. The second-order valence-corrected chi connectivity index (χ2v) is 5.82. The van der Waals surface area contributed by atoms with Gasteiger partial charge in [-0.25, -0.2) is 4.79 Å². The zero-order chi connectivity index (χ0) is 14.5. The summed E-state index contributed by atoms with van der Waals surface area (Å²) in [6.07, 6.45) is 3.64. The number of carbonyl (C=O) groups excluding carboxylic acids is 1. The van der Waals surface area contributed by atoms with Gasteiger partial charge in [-0.05, 0) is 43.9 Å². The van der Waals surface area contributed by atoms with Crippen molar-refractivity contribution in [3.8, 4) is 0 Å². The highest BCUT2D eigenvalue weighted by atomic mass is 35.5. The molecular weight excluding hydrogens is 299 g/mol. The number of aliphatic hydroxyl groups is 1. The first-order chi connectivity index (χ1) is 9.60. The number of anilines is 1. The Balaban J connectivity index is 2.05. The van der Waals surface area contributed by atoms with Crippen molar-refractivity contribution < 1.29 is 9.90 Å². The van der Waals surface area contributed by atoms with Crippen molar-refractivity contribution in [2.45, 2.75) is 31.7 Å². The predicted molar refractivity (Wildman–Crippen MR) is 81.5 cm³/mol. The van der Waals surface area contributed by atoms with E-state index in [-0.39, 0.29) is 18.7 Å². The molecule has 1 aromatic rings. The lowest BCUT2D eigenvalue weighted by Gasteiger charge is -2.35. The van der Waals surface area contributed by atoms with Gasteiger partial charge in [-0.3, -0.25) is 0 Å². The van der Waals surface area contributed by atoms with Crippen molar-refractivity contribution in [1.82, 2.24) is 4.90 Å². The highest BCUT2D eigenvalue weighted by Gasteiger charge is 2.26. The first-order valence-corrected chi connectivity index (χ1v) is 7.50. The number of carbonyl (C=O) groups is 1. The Kier molecular flexibility index (Phi) is 5.52. The molecule has 2 amide bonds. The van der Waals surface area contributed by atoms with Crippen LogP contribution < -0.4 is 5.32 Å². The topological polar surface area (TPSA) is 52.6 Å². The van der Waals surface area contributed by atoms with Gasteiger partial charge in [0.05, 0.1) is 0 Å². The van der Waals surface area contributed by atoms with E-state index in [1.807, 2.05) is 0 Å². The minimum absolute atomic E-state index is 0.0947. The van der Waals surface area contributed by atoms with E-state index >= 15 is 0 Å². The third-order valence-corrected chi connectivity index (χ3v) is 3.90. The van der Waals surface area contributed by atoms with Crippen LogP contribution >= 0.6 is 23.2 Å². The van der Waals surface area contributed by atoms with Gasteiger partial charge >= 0.3 is 6.03 Å². The van der Waals surface area contributed by atoms with Crippen molar-refractivity contribution in [3.05, 3.63) is 28.2 Å². The van der Waals surface area contributed by atoms with Gasteiger partial charge in [-0.2, -0.15) is 0 Å². The minimum Gasteiger partial charge on any atom is -0.396 e. The number of urea groups is 1. The summed E-state index contributed by atoms with van der Waals surface area (Å²) in [7, 11) is 0. The molecule has 1 unspecified atom stereocenters. The normalized spacial score (nSPS) is 18.9. The van der Waals surface area contributed by atoms with Gasteiger partial charge in [0.1, 0.15) is 0 Å². The second-order valence-electron chi connectivity index (χ2n) is 4.94. The van der Waals surface area contributed by atoms with E-state index < -0.39 is 0 Å². The number of benzene rings is 1. The molecule has 2 rings (SSSR count). The number of nitrogens with zero attached hydrogens (tertiary/aromatic N) is 1. The maximum absolute atomic E-state index is 12.3. The molecule has 4 nitrogen and oxygen atoms in total. The highest BCUT2D eigenvalue weighted by molar-refractivity contribution is 6.35. The summed E-state index contributed by atoms with van der Waals surface area (Å²) in [5, 5.41) is 12.9. The first kappa shape index (κ1) is 15.4. The van der Waals surface area contributed by atoms with Gasteiger partial charge in [0.25, 0.3) is 0 Å². The molecule has 1 heterocycles. The van der Waals surface area contributed by atoms with Crippen LogP contribution in [0, 0.1) is 0 Å². The molecule has 0 aliphatic carbocycles. The number of hydrogen-bond acceptors (Lipinski definition) is 2. The van der Waals surface area contributed by atoms with Crippen molar-refractivity contribution >= 4 is 34.9 Å². The van der Waals surface area contributed by atoms with E-state index in [4.69, 9.17) is 28.3 Å². The molecule has 0 saturated carbocycles. The molecule has 1 fully saturated rings. The fourth-order valence-electron chi connectivity index (χ4n) is 2.54. The van der Waals surface area contributed by atoms with E-state index in [2.05, 4.69) is 5.32 Å². The third-order valence-electron chi connectivity index (χ3n) is 3.46. The molecule has 1 aliphatic heterocycles. The fraction of sp³-hybridized carbons (Fsp3) is 0.500. The molecule has 1 atom stereocenters. The van der Waals surface area contributed by atoms with Crippen LogP contribution in [0.4, 0.5) is 10.5 Å². The molecule has 0 spiro atoms. The van der Waals surface area contributed by atoms with Gasteiger partial charge < -0.3 is 15.3 Å². The Morgan fingerprint density at radius 1 is 1.30 bits per heavy atom. The molecule has 0 bridgehead atoms. The van der Waals surface area contributed by atoms with Gasteiger partial charge in [-0.15, -0.1) is 0 Å². The summed E-state index contributed by atoms with van der Waals surface area (Å²) in [4.78, 5) is 14.1. The number of hydrogen-bond donors (Lipinski definition) is 2. The molecule has 0 aromatic heterocycles. The summed E-state index contributed by atoms with van der Waals surface area (Å²) in [5.74, 6) is 0. The highest BCUT2D eigenvalue weighted by Crippen LogP contribution is 2.24. The summed E-state index contributed by atoms with van der Waals surface area (Å²) in [5.41, 5.74) is 0.584. The SMILES string of the molecule is O=C(Nc1cc(Cl)cc(Cl)c1)N1CCCCC1CCO. The molecule has 2 N–H and O–H groups in total. The van der Waals surface area contributed by atoms with Crippen LogP contribution in [0.25, 0.3) is 0 Å². The van der Waals surface area contributed by atoms with Crippen LogP contribution in [0.2, 0.25) is 10.0 Å². The Bertz CT molecular complexity index is 460. The Morgan fingerprint density at radius 3 is 2.65 bits per heavy atom. The number of piperidine rings is 1. The van der Waals surface area contributed by atoms with E-state index in [9.17, 15) is 4.79 Å². The van der Waals surface area contributed by atoms with Crippen molar-refractivity contribution in [2.24, 2.45) is 0 Å². The summed E-state index contributed by atoms with van der Waals surface area (Å²) >= 11 is 11.8. The molecule has 110 valence electrons. The minimum atomic E-state index is -0.165. The predicted octanol–water partition coefficient (Wildman–Crippen LogP) is 3.76. The number of halogens is 2. The van der Waals surface area contributed by atoms with Crippen LogP contribution in [0.1, 0.15) is 25.7 Å². The zero-order valence-electron chi connectivity index (χ0n) is 11.1.